The number of unbranched alkanes of at least 4 members (excludes halogenated alkanes) is 2. The van der Waals surface area contributed by atoms with Crippen LogP contribution in [0.1, 0.15) is 57.8 Å². The fourth-order valence-corrected chi connectivity index (χ4v) is 3.78. The third-order valence-corrected chi connectivity index (χ3v) is 5.33. The van der Waals surface area contributed by atoms with Gasteiger partial charge in [0.15, 0.2) is 5.96 Å². The average Bonchev–Trinajstić information content (AvgIpc) is 3.14. The van der Waals surface area contributed by atoms with Crippen LogP contribution >= 0.6 is 0 Å². The summed E-state index contributed by atoms with van der Waals surface area (Å²) in [5.74, 6) is 1.98. The van der Waals surface area contributed by atoms with Crippen molar-refractivity contribution < 1.29 is 4.74 Å². The Morgan fingerprint density at radius 1 is 1.00 bits per heavy atom. The fourth-order valence-electron chi connectivity index (χ4n) is 3.78. The molecule has 1 heterocycles. The van der Waals surface area contributed by atoms with Crippen LogP contribution in [-0.2, 0) is 4.74 Å². The standard InChI is InChI=1S/C19H38N4O/c1-20-19(21-11-5-4-10-18-8-2-3-9-18)22-12-6-7-13-23-14-16-24-17-15-23/h18H,2-17H2,1H3,(H2,20,21,22). The molecule has 0 bridgehead atoms. The van der Waals surface area contributed by atoms with E-state index in [4.69, 9.17) is 4.74 Å². The van der Waals surface area contributed by atoms with Crippen LogP contribution in [0.2, 0.25) is 0 Å². The summed E-state index contributed by atoms with van der Waals surface area (Å²) in [5, 5.41) is 6.88. The van der Waals surface area contributed by atoms with Crippen molar-refractivity contribution in [1.82, 2.24) is 15.5 Å². The van der Waals surface area contributed by atoms with Crippen molar-refractivity contribution >= 4 is 5.96 Å². The maximum atomic E-state index is 5.38. The number of morpholine rings is 1. The molecule has 5 nitrogen and oxygen atoms in total. The van der Waals surface area contributed by atoms with Crippen LogP contribution in [0, 0.1) is 5.92 Å². The first kappa shape index (κ1) is 19.5. The van der Waals surface area contributed by atoms with Gasteiger partial charge in [0.05, 0.1) is 13.2 Å². The number of rotatable bonds is 10. The number of nitrogens with one attached hydrogen (secondary N) is 2. The Morgan fingerprint density at radius 3 is 2.33 bits per heavy atom. The molecule has 0 aromatic rings. The number of hydrogen-bond donors (Lipinski definition) is 2. The first-order valence-corrected chi connectivity index (χ1v) is 10.1. The molecular formula is C19H38N4O. The highest BCUT2D eigenvalue weighted by atomic mass is 16.5. The number of ether oxygens (including phenoxy) is 1. The lowest BCUT2D eigenvalue weighted by molar-refractivity contribution is 0.0372. The van der Waals surface area contributed by atoms with Crippen molar-refractivity contribution in [3.05, 3.63) is 0 Å². The van der Waals surface area contributed by atoms with Gasteiger partial charge in [0.2, 0.25) is 0 Å². The lowest BCUT2D eigenvalue weighted by Crippen LogP contribution is -2.39. The Bertz CT molecular complexity index is 336. The van der Waals surface area contributed by atoms with Gasteiger partial charge in [-0.15, -0.1) is 0 Å². The first-order chi connectivity index (χ1) is 11.9. The van der Waals surface area contributed by atoms with Crippen molar-refractivity contribution in [3.8, 4) is 0 Å². The number of guanidine groups is 1. The molecule has 0 unspecified atom stereocenters. The van der Waals surface area contributed by atoms with Crippen molar-refractivity contribution in [2.24, 2.45) is 10.9 Å². The summed E-state index contributed by atoms with van der Waals surface area (Å²) in [6.45, 7) is 7.23. The van der Waals surface area contributed by atoms with Gasteiger partial charge in [-0.1, -0.05) is 38.5 Å². The minimum atomic E-state index is 0.898. The van der Waals surface area contributed by atoms with E-state index < -0.39 is 0 Å². The summed E-state index contributed by atoms with van der Waals surface area (Å²) in [6, 6.07) is 0. The lowest BCUT2D eigenvalue weighted by Gasteiger charge is -2.26. The van der Waals surface area contributed by atoms with Crippen molar-refractivity contribution in [3.63, 3.8) is 0 Å². The normalized spacial score (nSPS) is 20.5. The summed E-state index contributed by atoms with van der Waals surface area (Å²) < 4.78 is 5.38. The summed E-state index contributed by atoms with van der Waals surface area (Å²) in [7, 11) is 1.86. The first-order valence-electron chi connectivity index (χ1n) is 10.1. The van der Waals surface area contributed by atoms with Gasteiger partial charge >= 0.3 is 0 Å². The van der Waals surface area contributed by atoms with Crippen molar-refractivity contribution in [1.29, 1.82) is 0 Å². The van der Waals surface area contributed by atoms with E-state index in [-0.39, 0.29) is 0 Å². The van der Waals surface area contributed by atoms with Gasteiger partial charge in [-0.05, 0) is 31.7 Å². The zero-order chi connectivity index (χ0) is 16.9. The summed E-state index contributed by atoms with van der Waals surface area (Å²) in [6.07, 6.45) is 12.3. The third kappa shape index (κ3) is 8.34. The van der Waals surface area contributed by atoms with Crippen molar-refractivity contribution in [2.75, 3.05) is 53.0 Å². The van der Waals surface area contributed by atoms with Gasteiger partial charge in [-0.3, -0.25) is 9.89 Å². The van der Waals surface area contributed by atoms with Crippen LogP contribution in [0.25, 0.3) is 0 Å². The van der Waals surface area contributed by atoms with E-state index in [2.05, 4.69) is 20.5 Å². The van der Waals surface area contributed by atoms with Crippen LogP contribution in [0.3, 0.4) is 0 Å². The van der Waals surface area contributed by atoms with E-state index in [1.807, 2.05) is 7.05 Å². The zero-order valence-electron chi connectivity index (χ0n) is 15.7. The molecule has 1 saturated carbocycles. The Kier molecular flexibility index (Phi) is 10.2. The molecule has 1 saturated heterocycles. The van der Waals surface area contributed by atoms with Gasteiger partial charge in [0, 0.05) is 33.2 Å². The van der Waals surface area contributed by atoms with Crippen LogP contribution in [0.15, 0.2) is 4.99 Å². The SMILES string of the molecule is CN=C(NCCCCC1CCCC1)NCCCCN1CCOCC1. The van der Waals surface area contributed by atoms with Crippen LogP contribution < -0.4 is 10.6 Å². The maximum absolute atomic E-state index is 5.38. The highest BCUT2D eigenvalue weighted by Gasteiger charge is 2.13. The van der Waals surface area contributed by atoms with Gasteiger partial charge in [-0.25, -0.2) is 0 Å². The molecule has 5 heteroatoms. The van der Waals surface area contributed by atoms with Gasteiger partial charge in [0.1, 0.15) is 0 Å². The van der Waals surface area contributed by atoms with Gasteiger partial charge in [0.25, 0.3) is 0 Å². The second kappa shape index (κ2) is 12.5. The molecule has 0 aromatic heterocycles. The molecule has 0 spiro atoms. The molecule has 24 heavy (non-hydrogen) atoms. The molecule has 1 aliphatic carbocycles. The molecule has 2 aliphatic rings. The second-order valence-corrected chi connectivity index (χ2v) is 7.23. The third-order valence-electron chi connectivity index (χ3n) is 5.33. The van der Waals surface area contributed by atoms with Crippen LogP contribution in [0.4, 0.5) is 0 Å². The minimum absolute atomic E-state index is 0.898. The van der Waals surface area contributed by atoms with Crippen molar-refractivity contribution in [2.45, 2.75) is 57.8 Å². The average molecular weight is 339 g/mol. The largest absolute Gasteiger partial charge is 0.379 e. The second-order valence-electron chi connectivity index (χ2n) is 7.23. The number of aliphatic imine (C=N–C) groups is 1. The van der Waals surface area contributed by atoms with Crippen LogP contribution in [-0.4, -0.2) is 63.8 Å². The molecule has 0 radical (unpaired) electrons. The lowest BCUT2D eigenvalue weighted by atomic mass is 10.0. The van der Waals surface area contributed by atoms with E-state index in [9.17, 15) is 0 Å². The van der Waals surface area contributed by atoms with E-state index in [1.165, 1.54) is 64.3 Å². The molecule has 0 amide bonds. The fraction of sp³-hybridized carbons (Fsp3) is 0.947. The summed E-state index contributed by atoms with van der Waals surface area (Å²) >= 11 is 0. The van der Waals surface area contributed by atoms with E-state index in [0.717, 1.165) is 51.3 Å². The Hall–Kier alpha value is -0.810. The molecule has 1 aliphatic heterocycles. The van der Waals surface area contributed by atoms with E-state index >= 15 is 0 Å². The molecule has 2 N–H and O–H groups in total. The predicted octanol–water partition coefficient (Wildman–Crippen LogP) is 2.62. The zero-order valence-corrected chi connectivity index (χ0v) is 15.7. The van der Waals surface area contributed by atoms with Gasteiger partial charge in [-0.2, -0.15) is 0 Å². The molecule has 2 fully saturated rings. The molecule has 140 valence electrons. The highest BCUT2D eigenvalue weighted by Crippen LogP contribution is 2.28. The topological polar surface area (TPSA) is 48.9 Å². The Balaban J connectivity index is 1.40. The van der Waals surface area contributed by atoms with Crippen LogP contribution in [0.5, 0.6) is 0 Å². The van der Waals surface area contributed by atoms with E-state index in [1.54, 1.807) is 0 Å². The highest BCUT2D eigenvalue weighted by molar-refractivity contribution is 5.79. The maximum Gasteiger partial charge on any atom is 0.190 e. The Labute approximate surface area is 148 Å². The number of nitrogens with zero attached hydrogens (tertiary/aromatic N) is 2. The quantitative estimate of drug-likeness (QED) is 0.365. The number of hydrogen-bond acceptors (Lipinski definition) is 3. The Morgan fingerprint density at radius 2 is 1.67 bits per heavy atom. The molecule has 2 rings (SSSR count). The monoisotopic (exact) mass is 338 g/mol. The van der Waals surface area contributed by atoms with Gasteiger partial charge < -0.3 is 15.4 Å². The van der Waals surface area contributed by atoms with E-state index in [0.29, 0.717) is 0 Å². The molecular weight excluding hydrogens is 300 g/mol. The smallest absolute Gasteiger partial charge is 0.190 e. The molecule has 0 atom stereocenters. The summed E-state index contributed by atoms with van der Waals surface area (Å²) in [5.41, 5.74) is 0. The summed E-state index contributed by atoms with van der Waals surface area (Å²) in [4.78, 5) is 6.82. The minimum Gasteiger partial charge on any atom is -0.379 e. The molecule has 0 aromatic carbocycles. The predicted molar refractivity (Wildman–Crippen MR) is 102 cm³/mol.